The van der Waals surface area contributed by atoms with Crippen molar-refractivity contribution in [3.05, 3.63) is 90.0 Å². The van der Waals surface area contributed by atoms with Crippen molar-refractivity contribution in [2.75, 3.05) is 18.8 Å². The number of rotatable bonds is 8. The molecule has 1 fully saturated rings. The van der Waals surface area contributed by atoms with Crippen molar-refractivity contribution in [3.63, 3.8) is 0 Å². The van der Waals surface area contributed by atoms with Gasteiger partial charge in [-0.3, -0.25) is 19.6 Å². The lowest BCUT2D eigenvalue weighted by Gasteiger charge is -2.24. The van der Waals surface area contributed by atoms with E-state index in [0.29, 0.717) is 24.4 Å². The lowest BCUT2D eigenvalue weighted by atomic mass is 10.1. The number of thioether (sulfide) groups is 1. The molecule has 2 aromatic heterocycles. The molecule has 2 amide bonds. The third kappa shape index (κ3) is 5.73. The van der Waals surface area contributed by atoms with Crippen LogP contribution in [0.1, 0.15) is 34.3 Å². The molecule has 1 aliphatic rings. The summed E-state index contributed by atoms with van der Waals surface area (Å²) in [5.41, 5.74) is 2.58. The zero-order valence-electron chi connectivity index (χ0n) is 17.9. The first-order valence-corrected chi connectivity index (χ1v) is 11.8. The van der Waals surface area contributed by atoms with Gasteiger partial charge in [0.2, 0.25) is 5.91 Å². The highest BCUT2D eigenvalue weighted by Gasteiger charge is 2.22. The molecule has 3 aromatic rings. The fourth-order valence-corrected chi connectivity index (χ4v) is 4.70. The van der Waals surface area contributed by atoms with E-state index in [1.54, 1.807) is 24.8 Å². The van der Waals surface area contributed by atoms with E-state index in [9.17, 15) is 9.59 Å². The van der Waals surface area contributed by atoms with Crippen LogP contribution in [0.4, 0.5) is 0 Å². The van der Waals surface area contributed by atoms with Crippen LogP contribution in [-0.2, 0) is 17.9 Å². The standard InChI is InChI=1S/C25H26N4O2S/c30-24(28-14-3-4-15-28)19-32-23-8-2-1-7-22(23)25(31)29(17-20-9-12-26-13-10-20)18-21-6-5-11-27-16-21/h1-2,5-13,16H,3-4,14-15,17-19H2. The third-order valence-electron chi connectivity index (χ3n) is 5.43. The normalized spacial score (nSPS) is 13.2. The number of carbonyl (C=O) groups excluding carboxylic acids is 2. The molecule has 0 spiro atoms. The minimum atomic E-state index is -0.0672. The van der Waals surface area contributed by atoms with Crippen LogP contribution < -0.4 is 0 Å². The van der Waals surface area contributed by atoms with Gasteiger partial charge in [0, 0.05) is 55.9 Å². The molecule has 6 nitrogen and oxygen atoms in total. The maximum absolute atomic E-state index is 13.7. The van der Waals surface area contributed by atoms with E-state index in [-0.39, 0.29) is 11.8 Å². The summed E-state index contributed by atoms with van der Waals surface area (Å²) in [7, 11) is 0. The van der Waals surface area contributed by atoms with E-state index in [1.165, 1.54) is 11.8 Å². The van der Waals surface area contributed by atoms with Gasteiger partial charge in [0.05, 0.1) is 11.3 Å². The Morgan fingerprint density at radius 1 is 0.875 bits per heavy atom. The lowest BCUT2D eigenvalue weighted by molar-refractivity contribution is -0.127. The lowest BCUT2D eigenvalue weighted by Crippen LogP contribution is -2.31. The van der Waals surface area contributed by atoms with Gasteiger partial charge in [0.25, 0.3) is 5.91 Å². The predicted octanol–water partition coefficient (Wildman–Crippen LogP) is 4.03. The third-order valence-corrected chi connectivity index (χ3v) is 6.49. The van der Waals surface area contributed by atoms with E-state index in [1.807, 2.05) is 58.3 Å². The summed E-state index contributed by atoms with van der Waals surface area (Å²) < 4.78 is 0. The Bertz CT molecular complexity index is 999. The second kappa shape index (κ2) is 10.9. The highest BCUT2D eigenvalue weighted by molar-refractivity contribution is 8.00. The summed E-state index contributed by atoms with van der Waals surface area (Å²) in [5.74, 6) is 0.415. The topological polar surface area (TPSA) is 66.4 Å². The van der Waals surface area contributed by atoms with Crippen LogP contribution in [0.2, 0.25) is 0 Å². The summed E-state index contributed by atoms with van der Waals surface area (Å²) in [6.45, 7) is 2.58. The molecule has 164 valence electrons. The number of hydrogen-bond donors (Lipinski definition) is 0. The highest BCUT2D eigenvalue weighted by atomic mass is 32.2. The number of pyridine rings is 2. The number of nitrogens with zero attached hydrogens (tertiary/aromatic N) is 4. The molecule has 0 atom stereocenters. The van der Waals surface area contributed by atoms with Gasteiger partial charge in [-0.25, -0.2) is 0 Å². The number of likely N-dealkylation sites (tertiary alicyclic amines) is 1. The summed E-state index contributed by atoms with van der Waals surface area (Å²) in [6.07, 6.45) is 9.11. The molecular formula is C25H26N4O2S. The second-order valence-corrected chi connectivity index (χ2v) is 8.77. The number of hydrogen-bond acceptors (Lipinski definition) is 5. The Kier molecular flexibility index (Phi) is 7.51. The van der Waals surface area contributed by atoms with Gasteiger partial charge in [-0.1, -0.05) is 18.2 Å². The van der Waals surface area contributed by atoms with Gasteiger partial charge in [0.15, 0.2) is 0 Å². The number of benzene rings is 1. The van der Waals surface area contributed by atoms with Crippen LogP contribution in [-0.4, -0.2) is 50.4 Å². The molecule has 0 N–H and O–H groups in total. The largest absolute Gasteiger partial charge is 0.342 e. The Balaban J connectivity index is 1.53. The maximum atomic E-state index is 13.7. The van der Waals surface area contributed by atoms with E-state index in [4.69, 9.17) is 0 Å². The van der Waals surface area contributed by atoms with Crippen LogP contribution in [0.3, 0.4) is 0 Å². The van der Waals surface area contributed by atoms with Crippen molar-refractivity contribution in [2.24, 2.45) is 0 Å². The fourth-order valence-electron chi connectivity index (χ4n) is 3.76. The molecule has 32 heavy (non-hydrogen) atoms. The number of aromatic nitrogens is 2. The van der Waals surface area contributed by atoms with Crippen molar-refractivity contribution in [1.29, 1.82) is 0 Å². The molecule has 0 aliphatic carbocycles. The van der Waals surface area contributed by atoms with Gasteiger partial charge in [-0.15, -0.1) is 11.8 Å². The Hall–Kier alpha value is -3.19. The van der Waals surface area contributed by atoms with E-state index in [0.717, 1.165) is 42.0 Å². The van der Waals surface area contributed by atoms with Crippen LogP contribution in [0.15, 0.2) is 78.2 Å². The van der Waals surface area contributed by atoms with Crippen molar-refractivity contribution in [1.82, 2.24) is 19.8 Å². The Morgan fingerprint density at radius 2 is 1.62 bits per heavy atom. The summed E-state index contributed by atoms with van der Waals surface area (Å²) in [4.78, 5) is 39.0. The smallest absolute Gasteiger partial charge is 0.255 e. The van der Waals surface area contributed by atoms with E-state index in [2.05, 4.69) is 9.97 Å². The second-order valence-electron chi connectivity index (χ2n) is 7.75. The van der Waals surface area contributed by atoms with Crippen LogP contribution >= 0.6 is 11.8 Å². The van der Waals surface area contributed by atoms with Gasteiger partial charge in [-0.05, 0) is 54.3 Å². The minimum Gasteiger partial charge on any atom is -0.342 e. The van der Waals surface area contributed by atoms with Crippen molar-refractivity contribution in [3.8, 4) is 0 Å². The molecule has 0 unspecified atom stereocenters. The average Bonchev–Trinajstić information content (AvgIpc) is 3.38. The summed E-state index contributed by atoms with van der Waals surface area (Å²) >= 11 is 1.44. The first kappa shape index (κ1) is 22.0. The van der Waals surface area contributed by atoms with Crippen molar-refractivity contribution < 1.29 is 9.59 Å². The van der Waals surface area contributed by atoms with Gasteiger partial charge < -0.3 is 9.80 Å². The van der Waals surface area contributed by atoms with Crippen molar-refractivity contribution in [2.45, 2.75) is 30.8 Å². The fraction of sp³-hybridized carbons (Fsp3) is 0.280. The van der Waals surface area contributed by atoms with Crippen molar-refractivity contribution >= 4 is 23.6 Å². The monoisotopic (exact) mass is 446 g/mol. The molecule has 1 aliphatic heterocycles. The molecule has 3 heterocycles. The Morgan fingerprint density at radius 3 is 2.38 bits per heavy atom. The highest BCUT2D eigenvalue weighted by Crippen LogP contribution is 2.26. The number of amides is 2. The molecular weight excluding hydrogens is 420 g/mol. The van der Waals surface area contributed by atoms with Crippen LogP contribution in [0, 0.1) is 0 Å². The summed E-state index contributed by atoms with van der Waals surface area (Å²) in [6, 6.07) is 15.2. The maximum Gasteiger partial charge on any atom is 0.255 e. The zero-order chi connectivity index (χ0) is 22.2. The molecule has 1 aromatic carbocycles. The SMILES string of the molecule is O=C(CSc1ccccc1C(=O)N(Cc1ccncc1)Cc1cccnc1)N1CCCC1. The molecule has 7 heteroatoms. The van der Waals surface area contributed by atoms with E-state index >= 15 is 0 Å². The Labute approximate surface area is 192 Å². The van der Waals surface area contributed by atoms with E-state index < -0.39 is 0 Å². The first-order valence-electron chi connectivity index (χ1n) is 10.8. The van der Waals surface area contributed by atoms with Crippen LogP contribution in [0.5, 0.6) is 0 Å². The van der Waals surface area contributed by atoms with Crippen LogP contribution in [0.25, 0.3) is 0 Å². The minimum absolute atomic E-state index is 0.0672. The molecule has 0 saturated carbocycles. The first-order chi connectivity index (χ1) is 15.7. The summed E-state index contributed by atoms with van der Waals surface area (Å²) in [5, 5.41) is 0. The predicted molar refractivity (Wildman–Crippen MR) is 125 cm³/mol. The molecule has 4 rings (SSSR count). The molecule has 0 radical (unpaired) electrons. The molecule has 0 bridgehead atoms. The van der Waals surface area contributed by atoms with Gasteiger partial charge >= 0.3 is 0 Å². The van der Waals surface area contributed by atoms with Gasteiger partial charge in [-0.2, -0.15) is 0 Å². The average molecular weight is 447 g/mol. The quantitative estimate of drug-likeness (QED) is 0.489. The molecule has 1 saturated heterocycles. The zero-order valence-corrected chi connectivity index (χ0v) is 18.7. The van der Waals surface area contributed by atoms with Gasteiger partial charge in [0.1, 0.15) is 0 Å². The number of carbonyl (C=O) groups is 2.